The van der Waals surface area contributed by atoms with Gasteiger partial charge >= 0.3 is 0 Å². The van der Waals surface area contributed by atoms with Crippen LogP contribution < -0.4 is 4.74 Å². The van der Waals surface area contributed by atoms with Gasteiger partial charge in [-0.1, -0.05) is 11.6 Å². The minimum absolute atomic E-state index is 0.00937. The van der Waals surface area contributed by atoms with E-state index in [1.807, 2.05) is 0 Å². The lowest BCUT2D eigenvalue weighted by Gasteiger charge is -2.34. The summed E-state index contributed by atoms with van der Waals surface area (Å²) in [6, 6.07) is 9.09. The summed E-state index contributed by atoms with van der Waals surface area (Å²) >= 11 is 5.79. The van der Waals surface area contributed by atoms with E-state index in [0.29, 0.717) is 30.3 Å². The van der Waals surface area contributed by atoms with Crippen LogP contribution in [0.5, 0.6) is 5.75 Å². The van der Waals surface area contributed by atoms with Crippen LogP contribution in [0.25, 0.3) is 0 Å². The van der Waals surface area contributed by atoms with Crippen LogP contribution in [-0.4, -0.2) is 55.0 Å². The van der Waals surface area contributed by atoms with Crippen LogP contribution in [0.2, 0.25) is 5.02 Å². The van der Waals surface area contributed by atoms with Gasteiger partial charge in [-0.15, -0.1) is 0 Å². The molecule has 0 atom stereocenters. The van der Waals surface area contributed by atoms with Gasteiger partial charge in [0.25, 0.3) is 5.91 Å². The van der Waals surface area contributed by atoms with Crippen molar-refractivity contribution in [1.29, 1.82) is 5.26 Å². The molecule has 6 heteroatoms. The van der Waals surface area contributed by atoms with Crippen LogP contribution in [0, 0.1) is 11.3 Å². The minimum atomic E-state index is -0.00937. The number of piperazine rings is 1. The maximum absolute atomic E-state index is 12.1. The molecule has 1 amide bonds. The molecule has 0 radical (unpaired) electrons. The molecule has 0 aromatic heterocycles. The Kier molecular flexibility index (Phi) is 5.85. The van der Waals surface area contributed by atoms with E-state index in [4.69, 9.17) is 21.6 Å². The van der Waals surface area contributed by atoms with Crippen LogP contribution >= 0.6 is 11.6 Å². The zero-order chi connectivity index (χ0) is 15.1. The molecule has 1 heterocycles. The van der Waals surface area contributed by atoms with Gasteiger partial charge in [0.1, 0.15) is 5.75 Å². The molecule has 0 unspecified atom stereocenters. The van der Waals surface area contributed by atoms with Gasteiger partial charge < -0.3 is 9.64 Å². The Morgan fingerprint density at radius 1 is 1.24 bits per heavy atom. The molecule has 0 aliphatic carbocycles. The highest BCUT2D eigenvalue weighted by Gasteiger charge is 2.20. The van der Waals surface area contributed by atoms with Gasteiger partial charge in [-0.2, -0.15) is 5.26 Å². The molecule has 21 heavy (non-hydrogen) atoms. The number of ether oxygens (including phenoxy) is 1. The zero-order valence-electron chi connectivity index (χ0n) is 11.8. The van der Waals surface area contributed by atoms with E-state index in [1.165, 1.54) is 0 Å². The maximum atomic E-state index is 12.1. The van der Waals surface area contributed by atoms with Crippen molar-refractivity contribution in [2.75, 3.05) is 39.3 Å². The largest absolute Gasteiger partial charge is 0.484 e. The van der Waals surface area contributed by atoms with Crippen molar-refractivity contribution in [3.8, 4) is 11.8 Å². The van der Waals surface area contributed by atoms with E-state index in [2.05, 4.69) is 11.0 Å². The van der Waals surface area contributed by atoms with Gasteiger partial charge in [0.05, 0.1) is 6.07 Å². The second kappa shape index (κ2) is 7.87. The van der Waals surface area contributed by atoms with Crippen molar-refractivity contribution in [3.05, 3.63) is 29.3 Å². The van der Waals surface area contributed by atoms with E-state index in [1.54, 1.807) is 29.2 Å². The zero-order valence-corrected chi connectivity index (χ0v) is 12.6. The first-order valence-electron chi connectivity index (χ1n) is 6.94. The number of carbonyl (C=O) groups excluding carboxylic acids is 1. The van der Waals surface area contributed by atoms with E-state index >= 15 is 0 Å². The Morgan fingerprint density at radius 3 is 2.52 bits per heavy atom. The Hall–Kier alpha value is -1.77. The van der Waals surface area contributed by atoms with Gasteiger partial charge in [-0.3, -0.25) is 9.69 Å². The quantitative estimate of drug-likeness (QED) is 0.832. The van der Waals surface area contributed by atoms with Gasteiger partial charge in [0.15, 0.2) is 6.61 Å². The number of hydrogen-bond acceptors (Lipinski definition) is 4. The number of benzene rings is 1. The molecule has 5 nitrogen and oxygen atoms in total. The fourth-order valence-corrected chi connectivity index (χ4v) is 2.32. The number of carbonyl (C=O) groups is 1. The molecular weight excluding hydrogens is 290 g/mol. The summed E-state index contributed by atoms with van der Waals surface area (Å²) in [6.45, 7) is 3.82. The summed E-state index contributed by atoms with van der Waals surface area (Å²) in [5.74, 6) is 0.630. The number of nitrogens with zero attached hydrogens (tertiary/aromatic N) is 3. The first kappa shape index (κ1) is 15.6. The fourth-order valence-electron chi connectivity index (χ4n) is 2.20. The van der Waals surface area contributed by atoms with E-state index in [-0.39, 0.29) is 12.5 Å². The van der Waals surface area contributed by atoms with E-state index in [0.717, 1.165) is 19.6 Å². The third kappa shape index (κ3) is 4.92. The van der Waals surface area contributed by atoms with Gasteiger partial charge in [-0.05, 0) is 24.3 Å². The van der Waals surface area contributed by atoms with E-state index in [9.17, 15) is 4.79 Å². The molecule has 1 aliphatic rings. The highest BCUT2D eigenvalue weighted by Crippen LogP contribution is 2.15. The highest BCUT2D eigenvalue weighted by atomic mass is 35.5. The van der Waals surface area contributed by atoms with Crippen LogP contribution in [0.15, 0.2) is 24.3 Å². The number of halogens is 1. The SMILES string of the molecule is N#CCCN1CCN(C(=O)COc2ccc(Cl)cc2)CC1. The monoisotopic (exact) mass is 307 g/mol. The van der Waals surface area contributed by atoms with Crippen molar-refractivity contribution in [2.24, 2.45) is 0 Å². The topological polar surface area (TPSA) is 56.6 Å². The summed E-state index contributed by atoms with van der Waals surface area (Å²) in [4.78, 5) is 16.1. The maximum Gasteiger partial charge on any atom is 0.260 e. The third-order valence-electron chi connectivity index (χ3n) is 3.44. The summed E-state index contributed by atoms with van der Waals surface area (Å²) < 4.78 is 5.46. The predicted octanol–water partition coefficient (Wildman–Crippen LogP) is 1.78. The van der Waals surface area contributed by atoms with Gasteiger partial charge in [0.2, 0.25) is 0 Å². The molecule has 0 saturated carbocycles. The van der Waals surface area contributed by atoms with Crippen molar-refractivity contribution in [1.82, 2.24) is 9.80 Å². The Balaban J connectivity index is 1.72. The van der Waals surface area contributed by atoms with Crippen molar-refractivity contribution in [3.63, 3.8) is 0 Å². The highest BCUT2D eigenvalue weighted by molar-refractivity contribution is 6.30. The Morgan fingerprint density at radius 2 is 1.90 bits per heavy atom. The van der Waals surface area contributed by atoms with Gasteiger partial charge in [-0.25, -0.2) is 0 Å². The van der Waals surface area contributed by atoms with Crippen molar-refractivity contribution >= 4 is 17.5 Å². The number of rotatable bonds is 5. The van der Waals surface area contributed by atoms with Crippen molar-refractivity contribution < 1.29 is 9.53 Å². The third-order valence-corrected chi connectivity index (χ3v) is 3.69. The van der Waals surface area contributed by atoms with Crippen molar-refractivity contribution in [2.45, 2.75) is 6.42 Å². The van der Waals surface area contributed by atoms with Crippen LogP contribution in [0.1, 0.15) is 6.42 Å². The molecule has 1 saturated heterocycles. The molecule has 1 aliphatic heterocycles. The second-order valence-corrected chi connectivity index (χ2v) is 5.31. The number of amides is 1. The lowest BCUT2D eigenvalue weighted by molar-refractivity contribution is -0.135. The van der Waals surface area contributed by atoms with E-state index < -0.39 is 0 Å². The molecule has 0 spiro atoms. The normalized spacial score (nSPS) is 15.5. The first-order chi connectivity index (χ1) is 10.2. The standard InChI is InChI=1S/C15H18ClN3O2/c16-13-2-4-14(5-3-13)21-12-15(20)19-10-8-18(9-11-19)7-1-6-17/h2-5H,1,7-12H2. The predicted molar refractivity (Wildman–Crippen MR) is 80.2 cm³/mol. The lowest BCUT2D eigenvalue weighted by atomic mass is 10.3. The molecule has 112 valence electrons. The minimum Gasteiger partial charge on any atom is -0.484 e. The molecule has 0 bridgehead atoms. The average Bonchev–Trinajstić information content (AvgIpc) is 2.52. The second-order valence-electron chi connectivity index (χ2n) is 4.87. The molecule has 0 N–H and O–H groups in total. The molecule has 1 aromatic carbocycles. The molecule has 1 aromatic rings. The Bertz CT molecular complexity index is 505. The molecular formula is C15H18ClN3O2. The summed E-state index contributed by atoms with van der Waals surface area (Å²) in [6.07, 6.45) is 0.535. The number of nitriles is 1. The first-order valence-corrected chi connectivity index (χ1v) is 7.32. The fraction of sp³-hybridized carbons (Fsp3) is 0.467. The number of hydrogen-bond donors (Lipinski definition) is 0. The average molecular weight is 308 g/mol. The Labute approximate surface area is 129 Å². The van der Waals surface area contributed by atoms with Gasteiger partial charge in [0, 0.05) is 44.2 Å². The van der Waals surface area contributed by atoms with Crippen LogP contribution in [-0.2, 0) is 4.79 Å². The lowest BCUT2D eigenvalue weighted by Crippen LogP contribution is -2.50. The summed E-state index contributed by atoms with van der Waals surface area (Å²) in [5, 5.41) is 9.21. The molecule has 1 fully saturated rings. The van der Waals surface area contributed by atoms with Crippen LogP contribution in [0.3, 0.4) is 0 Å². The molecule has 2 rings (SSSR count). The summed E-state index contributed by atoms with van der Waals surface area (Å²) in [7, 11) is 0. The smallest absolute Gasteiger partial charge is 0.260 e. The van der Waals surface area contributed by atoms with Crippen LogP contribution in [0.4, 0.5) is 0 Å². The summed E-state index contributed by atoms with van der Waals surface area (Å²) in [5.41, 5.74) is 0.